The Morgan fingerprint density at radius 3 is 2.12 bits per heavy atom. The molecule has 2 saturated carbocycles. The molecule has 2 saturated heterocycles. The summed E-state index contributed by atoms with van der Waals surface area (Å²) in [5.41, 5.74) is -1.96. The lowest BCUT2D eigenvalue weighted by Crippen LogP contribution is -2.44. The lowest BCUT2D eigenvalue weighted by molar-refractivity contribution is -0.217. The lowest BCUT2D eigenvalue weighted by Gasteiger charge is -2.39. The van der Waals surface area contributed by atoms with Crippen LogP contribution in [0.2, 0.25) is 5.02 Å². The van der Waals surface area contributed by atoms with Gasteiger partial charge in [-0.3, -0.25) is 9.69 Å². The fraction of sp³-hybridized carbons (Fsp3) is 0.548. The summed E-state index contributed by atoms with van der Waals surface area (Å²) in [5, 5.41) is -1.96. The smallest absolute Gasteiger partial charge is 0.492 e. The summed E-state index contributed by atoms with van der Waals surface area (Å²) < 4.78 is 141. The first kappa shape index (κ1) is 35.6. The monoisotopic (exact) mass is 744 g/mol. The zero-order chi connectivity index (χ0) is 35.6. The number of piperidine rings is 1. The number of fused-ring (bicyclic) bond motifs is 2. The van der Waals surface area contributed by atoms with Crippen molar-refractivity contribution in [1.29, 1.82) is 0 Å². The molecular weight excluding hydrogens is 716 g/mol. The van der Waals surface area contributed by atoms with E-state index in [4.69, 9.17) is 16.3 Å². The van der Waals surface area contributed by atoms with Crippen molar-refractivity contribution in [3.05, 3.63) is 63.2 Å². The third kappa shape index (κ3) is 7.34. The van der Waals surface area contributed by atoms with E-state index in [9.17, 15) is 48.7 Å². The molecule has 2 atom stereocenters. The van der Waals surface area contributed by atoms with Crippen molar-refractivity contribution < 1.29 is 62.7 Å². The van der Waals surface area contributed by atoms with Crippen molar-refractivity contribution in [2.24, 2.45) is 5.92 Å². The predicted octanol–water partition coefficient (Wildman–Crippen LogP) is 7.29. The summed E-state index contributed by atoms with van der Waals surface area (Å²) in [5.74, 6) is -7.93. The predicted molar refractivity (Wildman–Crippen MR) is 156 cm³/mol. The average Bonchev–Trinajstić information content (AvgIpc) is 3.92. The maximum absolute atomic E-state index is 15.4. The SMILES string of the molecule is O=C(c1c(F)ccc(C2CC2)c1OCC1CC2CCC(C1)N2Cc1cc(C(F)(F)F)cc(Cl)c1F)N(OC(=O)C(F)(F)F)S(=O)(=O)C1CC1. The van der Waals surface area contributed by atoms with Gasteiger partial charge in [-0.25, -0.2) is 22.0 Å². The van der Waals surface area contributed by atoms with Crippen LogP contribution in [0.4, 0.5) is 35.1 Å². The minimum Gasteiger partial charge on any atom is -0.492 e. The van der Waals surface area contributed by atoms with Gasteiger partial charge in [-0.05, 0) is 87.0 Å². The molecule has 2 aromatic rings. The summed E-state index contributed by atoms with van der Waals surface area (Å²) in [6.45, 7) is -0.263. The molecule has 2 aliphatic carbocycles. The quantitative estimate of drug-likeness (QED) is 0.197. The number of amides is 1. The van der Waals surface area contributed by atoms with Crippen LogP contribution >= 0.6 is 11.6 Å². The van der Waals surface area contributed by atoms with Crippen molar-refractivity contribution in [1.82, 2.24) is 9.37 Å². The topological polar surface area (TPSA) is 93.2 Å². The van der Waals surface area contributed by atoms with Gasteiger partial charge in [0.25, 0.3) is 10.0 Å². The molecule has 2 aliphatic heterocycles. The standard InChI is InChI=1S/C31H29ClF8N2O6S/c32-23-12-18(30(35,36)37)11-17(26(23)34)13-41-19-3-4-20(41)10-15(9-19)14-47-27-22(16-1-2-16)7-8-24(33)25(27)28(43)42(48-29(44)31(38,39)40)49(45,46)21-5-6-21/h7-8,11-12,15-16,19-21H,1-6,9-10,13-14H2. The highest BCUT2D eigenvalue weighted by atomic mass is 35.5. The zero-order valence-electron chi connectivity index (χ0n) is 25.4. The van der Waals surface area contributed by atoms with Gasteiger partial charge < -0.3 is 9.57 Å². The molecule has 0 radical (unpaired) electrons. The number of rotatable bonds is 9. The summed E-state index contributed by atoms with van der Waals surface area (Å²) in [6.07, 6.45) is -7.07. The third-order valence-electron chi connectivity index (χ3n) is 9.34. The Kier molecular flexibility index (Phi) is 9.35. The molecule has 2 unspecified atom stereocenters. The van der Waals surface area contributed by atoms with Gasteiger partial charge in [0.15, 0.2) is 0 Å². The normalized spacial score (nSPS) is 23.0. The lowest BCUT2D eigenvalue weighted by atomic mass is 9.90. The number of sulfonamides is 1. The molecule has 0 spiro atoms. The van der Waals surface area contributed by atoms with Gasteiger partial charge in [0.1, 0.15) is 22.9 Å². The maximum Gasteiger partial charge on any atom is 0.493 e. The molecule has 2 heterocycles. The van der Waals surface area contributed by atoms with Gasteiger partial charge in [0.05, 0.1) is 22.4 Å². The summed E-state index contributed by atoms with van der Waals surface area (Å²) >= 11 is 5.78. The number of benzene rings is 2. The molecule has 18 heteroatoms. The Morgan fingerprint density at radius 1 is 0.939 bits per heavy atom. The number of nitrogens with zero attached hydrogens (tertiary/aromatic N) is 2. The second-order valence-corrected chi connectivity index (χ2v) is 15.3. The van der Waals surface area contributed by atoms with Crippen molar-refractivity contribution in [2.75, 3.05) is 6.61 Å². The van der Waals surface area contributed by atoms with Gasteiger partial charge in [-0.2, -0.15) is 26.3 Å². The summed E-state index contributed by atoms with van der Waals surface area (Å²) in [7, 11) is -4.96. The summed E-state index contributed by atoms with van der Waals surface area (Å²) in [6, 6.07) is 3.06. The molecule has 2 aromatic carbocycles. The van der Waals surface area contributed by atoms with Crippen LogP contribution in [0.15, 0.2) is 24.3 Å². The first-order valence-electron chi connectivity index (χ1n) is 15.5. The molecule has 0 aromatic heterocycles. The van der Waals surface area contributed by atoms with Crippen LogP contribution in [-0.2, 0) is 32.4 Å². The minimum atomic E-state index is -5.67. The Labute approximate surface area is 280 Å². The van der Waals surface area contributed by atoms with Crippen LogP contribution < -0.4 is 4.74 Å². The fourth-order valence-corrected chi connectivity index (χ4v) is 8.41. The molecule has 4 fully saturated rings. The number of ether oxygens (including phenoxy) is 1. The number of halogens is 9. The van der Waals surface area contributed by atoms with Gasteiger partial charge in [0.2, 0.25) is 0 Å². The number of carbonyl (C=O) groups excluding carboxylic acids is 2. The highest BCUT2D eigenvalue weighted by Gasteiger charge is 2.51. The molecule has 49 heavy (non-hydrogen) atoms. The van der Waals surface area contributed by atoms with E-state index in [1.54, 1.807) is 0 Å². The van der Waals surface area contributed by atoms with Crippen LogP contribution in [0.1, 0.15) is 84.3 Å². The summed E-state index contributed by atoms with van der Waals surface area (Å²) in [4.78, 5) is 31.2. The molecule has 4 aliphatic rings. The van der Waals surface area contributed by atoms with E-state index in [2.05, 4.69) is 4.84 Å². The zero-order valence-corrected chi connectivity index (χ0v) is 27.0. The second-order valence-electron chi connectivity index (χ2n) is 12.9. The first-order chi connectivity index (χ1) is 22.9. The highest BCUT2D eigenvalue weighted by molar-refractivity contribution is 7.90. The molecule has 0 N–H and O–H groups in total. The number of hydrogen-bond donors (Lipinski definition) is 0. The van der Waals surface area contributed by atoms with Crippen LogP contribution in [0.25, 0.3) is 0 Å². The van der Waals surface area contributed by atoms with E-state index in [1.165, 1.54) is 6.07 Å². The number of carbonyl (C=O) groups is 2. The first-order valence-corrected chi connectivity index (χ1v) is 17.4. The highest BCUT2D eigenvalue weighted by Crippen LogP contribution is 2.48. The van der Waals surface area contributed by atoms with E-state index in [-0.39, 0.29) is 61.2 Å². The van der Waals surface area contributed by atoms with Crippen molar-refractivity contribution in [3.63, 3.8) is 0 Å². The number of alkyl halides is 6. The Bertz CT molecular complexity index is 1750. The Morgan fingerprint density at radius 2 is 1.57 bits per heavy atom. The van der Waals surface area contributed by atoms with Gasteiger partial charge >= 0.3 is 24.2 Å². The molecule has 1 amide bonds. The van der Waals surface area contributed by atoms with E-state index >= 15 is 4.39 Å². The molecule has 6 rings (SSSR count). The Hall–Kier alpha value is -3.18. The maximum atomic E-state index is 15.4. The van der Waals surface area contributed by atoms with Crippen molar-refractivity contribution in [2.45, 2.75) is 93.5 Å². The molecule has 268 valence electrons. The molecule has 2 bridgehead atoms. The van der Waals surface area contributed by atoms with Gasteiger partial charge in [-0.15, -0.1) is 0 Å². The number of hydroxylamine groups is 1. The second kappa shape index (κ2) is 12.9. The Balaban J connectivity index is 1.23. The largest absolute Gasteiger partial charge is 0.493 e. The van der Waals surface area contributed by atoms with E-state index in [1.807, 2.05) is 4.90 Å². The number of hydrogen-bond acceptors (Lipinski definition) is 7. The van der Waals surface area contributed by atoms with Crippen molar-refractivity contribution in [3.8, 4) is 5.75 Å². The van der Waals surface area contributed by atoms with Crippen LogP contribution in [0, 0.1) is 17.6 Å². The van der Waals surface area contributed by atoms with Crippen LogP contribution in [0.3, 0.4) is 0 Å². The minimum absolute atomic E-state index is 0.0158. The van der Waals surface area contributed by atoms with Crippen LogP contribution in [0.5, 0.6) is 5.75 Å². The average molecular weight is 745 g/mol. The van der Waals surface area contributed by atoms with Gasteiger partial charge in [-0.1, -0.05) is 22.1 Å². The molecule has 8 nitrogen and oxygen atoms in total. The van der Waals surface area contributed by atoms with E-state index < -0.39 is 71.8 Å². The van der Waals surface area contributed by atoms with Crippen LogP contribution in [-0.4, -0.2) is 59.8 Å². The fourth-order valence-electron chi connectivity index (χ4n) is 6.68. The third-order valence-corrected chi connectivity index (χ3v) is 11.6. The molecular formula is C31H29ClF8N2O6S. The van der Waals surface area contributed by atoms with Crippen molar-refractivity contribution >= 4 is 33.5 Å². The van der Waals surface area contributed by atoms with E-state index in [0.717, 1.165) is 12.1 Å². The van der Waals surface area contributed by atoms with E-state index in [0.29, 0.717) is 50.2 Å². The van der Waals surface area contributed by atoms with Gasteiger partial charge in [0, 0.05) is 24.2 Å².